The van der Waals surface area contributed by atoms with Crippen LogP contribution in [0.3, 0.4) is 0 Å². The second-order valence-corrected chi connectivity index (χ2v) is 4.03. The topological polar surface area (TPSA) is 72.9 Å². The fourth-order valence-electron chi connectivity index (χ4n) is 1.53. The van der Waals surface area contributed by atoms with Gasteiger partial charge in [0.05, 0.1) is 12.6 Å². The van der Waals surface area contributed by atoms with Gasteiger partial charge in [0.15, 0.2) is 0 Å². The van der Waals surface area contributed by atoms with Crippen LogP contribution in [0.5, 0.6) is 0 Å². The summed E-state index contributed by atoms with van der Waals surface area (Å²) < 4.78 is 1.79. The minimum Gasteiger partial charge on any atom is -0.350 e. The summed E-state index contributed by atoms with van der Waals surface area (Å²) in [6, 6.07) is 1.50. The average molecular weight is 224 g/mol. The molecule has 16 heavy (non-hydrogen) atoms. The van der Waals surface area contributed by atoms with Crippen LogP contribution in [0.15, 0.2) is 18.5 Å². The molecule has 3 N–H and O–H groups in total. The van der Waals surface area contributed by atoms with E-state index in [2.05, 4.69) is 10.4 Å². The zero-order valence-electron chi connectivity index (χ0n) is 9.89. The highest BCUT2D eigenvalue weighted by molar-refractivity contribution is 5.81. The minimum atomic E-state index is -0.398. The Balaban J connectivity index is 2.33. The normalized spacial score (nSPS) is 14.4. The molecular formula is C11H20N4O. The third kappa shape index (κ3) is 4.02. The molecule has 0 aliphatic carbocycles. The summed E-state index contributed by atoms with van der Waals surface area (Å²) in [5.41, 5.74) is 5.71. The summed E-state index contributed by atoms with van der Waals surface area (Å²) >= 11 is 0. The van der Waals surface area contributed by atoms with Crippen LogP contribution in [-0.4, -0.2) is 27.8 Å². The van der Waals surface area contributed by atoms with E-state index in [-0.39, 0.29) is 11.9 Å². The molecule has 1 aromatic rings. The van der Waals surface area contributed by atoms with Crippen LogP contribution in [0.2, 0.25) is 0 Å². The number of hydrogen-bond donors (Lipinski definition) is 2. The summed E-state index contributed by atoms with van der Waals surface area (Å²) in [5.74, 6) is -0.0819. The van der Waals surface area contributed by atoms with Crippen LogP contribution in [0, 0.1) is 0 Å². The largest absolute Gasteiger partial charge is 0.350 e. The van der Waals surface area contributed by atoms with Gasteiger partial charge in [-0.1, -0.05) is 13.3 Å². The van der Waals surface area contributed by atoms with E-state index in [1.807, 2.05) is 26.1 Å². The molecular weight excluding hydrogens is 204 g/mol. The zero-order chi connectivity index (χ0) is 12.0. The molecule has 90 valence electrons. The van der Waals surface area contributed by atoms with Crippen LogP contribution in [0.25, 0.3) is 0 Å². The number of carbonyl (C=O) groups excluding carboxylic acids is 1. The lowest BCUT2D eigenvalue weighted by Gasteiger charge is -2.17. The van der Waals surface area contributed by atoms with Gasteiger partial charge in [-0.25, -0.2) is 0 Å². The Morgan fingerprint density at radius 3 is 2.94 bits per heavy atom. The van der Waals surface area contributed by atoms with Crippen LogP contribution >= 0.6 is 0 Å². The first-order chi connectivity index (χ1) is 7.63. The molecule has 5 nitrogen and oxygen atoms in total. The molecule has 0 aliphatic heterocycles. The molecule has 2 atom stereocenters. The molecule has 1 heterocycles. The summed E-state index contributed by atoms with van der Waals surface area (Å²) in [4.78, 5) is 11.6. The van der Waals surface area contributed by atoms with E-state index in [1.54, 1.807) is 10.9 Å². The second kappa shape index (κ2) is 6.27. The van der Waals surface area contributed by atoms with Gasteiger partial charge in [0.1, 0.15) is 0 Å². The highest BCUT2D eigenvalue weighted by Gasteiger charge is 2.14. The van der Waals surface area contributed by atoms with Gasteiger partial charge in [0.25, 0.3) is 0 Å². The molecule has 0 unspecified atom stereocenters. The Kier molecular flexibility index (Phi) is 4.98. The molecule has 0 saturated carbocycles. The smallest absolute Gasteiger partial charge is 0.237 e. The quantitative estimate of drug-likeness (QED) is 0.739. The van der Waals surface area contributed by atoms with Crippen LogP contribution in [0.1, 0.15) is 26.7 Å². The highest BCUT2D eigenvalue weighted by Crippen LogP contribution is 1.95. The number of aromatic nitrogens is 2. The van der Waals surface area contributed by atoms with Crippen molar-refractivity contribution in [2.24, 2.45) is 5.73 Å². The van der Waals surface area contributed by atoms with Crippen molar-refractivity contribution in [3.63, 3.8) is 0 Å². The maximum Gasteiger partial charge on any atom is 0.237 e. The zero-order valence-corrected chi connectivity index (χ0v) is 9.89. The van der Waals surface area contributed by atoms with Gasteiger partial charge in [-0.3, -0.25) is 9.48 Å². The first-order valence-electron chi connectivity index (χ1n) is 5.67. The fourth-order valence-corrected chi connectivity index (χ4v) is 1.53. The maximum absolute atomic E-state index is 11.6. The van der Waals surface area contributed by atoms with Gasteiger partial charge < -0.3 is 11.1 Å². The van der Waals surface area contributed by atoms with Gasteiger partial charge in [0.2, 0.25) is 5.91 Å². The van der Waals surface area contributed by atoms with Gasteiger partial charge >= 0.3 is 0 Å². The Hall–Kier alpha value is -1.36. The van der Waals surface area contributed by atoms with Crippen molar-refractivity contribution in [3.8, 4) is 0 Å². The lowest BCUT2D eigenvalue weighted by molar-refractivity contribution is -0.123. The average Bonchev–Trinajstić information content (AvgIpc) is 2.70. The third-order valence-electron chi connectivity index (χ3n) is 2.35. The molecule has 0 aliphatic rings. The molecule has 1 aromatic heterocycles. The molecule has 1 rings (SSSR count). The van der Waals surface area contributed by atoms with Gasteiger partial charge in [-0.15, -0.1) is 0 Å². The van der Waals surface area contributed by atoms with Gasteiger partial charge in [0, 0.05) is 18.4 Å². The maximum atomic E-state index is 11.6. The van der Waals surface area contributed by atoms with Crippen molar-refractivity contribution >= 4 is 5.91 Å². The summed E-state index contributed by atoms with van der Waals surface area (Å²) in [6.07, 6.45) is 5.23. The molecule has 5 heteroatoms. The number of hydrogen-bond acceptors (Lipinski definition) is 3. The van der Waals surface area contributed by atoms with Crippen molar-refractivity contribution in [1.29, 1.82) is 0 Å². The number of nitrogens with two attached hydrogens (primary N) is 1. The van der Waals surface area contributed by atoms with Crippen molar-refractivity contribution in [1.82, 2.24) is 15.1 Å². The fraction of sp³-hybridized carbons (Fsp3) is 0.636. The van der Waals surface area contributed by atoms with Crippen molar-refractivity contribution < 1.29 is 4.79 Å². The molecule has 0 spiro atoms. The van der Waals surface area contributed by atoms with E-state index in [0.717, 1.165) is 12.8 Å². The number of amides is 1. The second-order valence-electron chi connectivity index (χ2n) is 4.03. The first kappa shape index (κ1) is 12.7. The third-order valence-corrected chi connectivity index (χ3v) is 2.35. The van der Waals surface area contributed by atoms with E-state index >= 15 is 0 Å². The Morgan fingerprint density at radius 1 is 1.62 bits per heavy atom. The first-order valence-corrected chi connectivity index (χ1v) is 5.67. The highest BCUT2D eigenvalue weighted by atomic mass is 16.2. The SMILES string of the molecule is CCC[C@H](N)C(=O)N[C@@H](C)Cn1cccn1. The summed E-state index contributed by atoms with van der Waals surface area (Å²) in [5, 5.41) is 6.96. The van der Waals surface area contributed by atoms with E-state index < -0.39 is 6.04 Å². The predicted molar refractivity (Wildman–Crippen MR) is 62.7 cm³/mol. The number of nitrogens with zero attached hydrogens (tertiary/aromatic N) is 2. The summed E-state index contributed by atoms with van der Waals surface area (Å²) in [7, 11) is 0. The Morgan fingerprint density at radius 2 is 2.38 bits per heavy atom. The molecule has 0 fully saturated rings. The lowest BCUT2D eigenvalue weighted by atomic mass is 10.1. The molecule has 0 saturated heterocycles. The van der Waals surface area contributed by atoms with Crippen LogP contribution in [0.4, 0.5) is 0 Å². The molecule has 1 amide bonds. The van der Waals surface area contributed by atoms with E-state index in [0.29, 0.717) is 6.54 Å². The Bertz CT molecular complexity index is 310. The summed E-state index contributed by atoms with van der Waals surface area (Å²) in [6.45, 7) is 4.62. The van der Waals surface area contributed by atoms with Gasteiger partial charge in [-0.2, -0.15) is 5.10 Å². The van der Waals surface area contributed by atoms with E-state index in [4.69, 9.17) is 5.73 Å². The van der Waals surface area contributed by atoms with Crippen molar-refractivity contribution in [2.45, 2.75) is 45.3 Å². The molecule has 0 radical (unpaired) electrons. The van der Waals surface area contributed by atoms with Crippen molar-refractivity contribution in [3.05, 3.63) is 18.5 Å². The van der Waals surface area contributed by atoms with E-state index in [1.165, 1.54) is 0 Å². The van der Waals surface area contributed by atoms with Crippen LogP contribution in [-0.2, 0) is 11.3 Å². The number of carbonyl (C=O) groups is 1. The minimum absolute atomic E-state index is 0.0373. The van der Waals surface area contributed by atoms with Gasteiger partial charge in [-0.05, 0) is 19.4 Å². The van der Waals surface area contributed by atoms with E-state index in [9.17, 15) is 4.79 Å². The van der Waals surface area contributed by atoms with Crippen molar-refractivity contribution in [2.75, 3.05) is 0 Å². The Labute approximate surface area is 96.0 Å². The number of rotatable bonds is 6. The number of nitrogens with one attached hydrogen (secondary N) is 1. The molecule has 0 aromatic carbocycles. The standard InChI is InChI=1S/C11H20N4O/c1-3-5-10(12)11(16)14-9(2)8-15-7-4-6-13-15/h4,6-7,9-10H,3,5,8,12H2,1-2H3,(H,14,16)/t9-,10-/m0/s1. The molecule has 0 bridgehead atoms. The van der Waals surface area contributed by atoms with Crippen LogP contribution < -0.4 is 11.1 Å². The lowest BCUT2D eigenvalue weighted by Crippen LogP contribution is -2.45. The monoisotopic (exact) mass is 224 g/mol. The predicted octanol–water partition coefficient (Wildman–Crippen LogP) is 0.515.